The Morgan fingerprint density at radius 3 is 2.78 bits per heavy atom. The Morgan fingerprint density at radius 2 is 2.09 bits per heavy atom. The number of carbonyl (C=O) groups is 2. The number of hydrogen-bond acceptors (Lipinski definition) is 6. The standard InChI is InChI=1S/C14H16N4O5/c1-3-23-14(21)12-10-8(18(17-12)6-9(19)22-2)5-4-7-11(10)15-16-13(7)20/h3-6H2,1-2H3,(H2,15,16,20). The maximum absolute atomic E-state index is 12.2. The normalized spacial score (nSPS) is 12.4. The fourth-order valence-corrected chi connectivity index (χ4v) is 2.75. The molecule has 1 aliphatic rings. The van der Waals surface area contributed by atoms with Crippen LogP contribution < -0.4 is 5.56 Å². The first-order valence-electron chi connectivity index (χ1n) is 7.20. The molecule has 0 fully saturated rings. The van der Waals surface area contributed by atoms with Gasteiger partial charge in [0.1, 0.15) is 6.54 Å². The van der Waals surface area contributed by atoms with Crippen LogP contribution in [0, 0.1) is 0 Å². The summed E-state index contributed by atoms with van der Waals surface area (Å²) in [6.45, 7) is 1.79. The summed E-state index contributed by atoms with van der Waals surface area (Å²) in [4.78, 5) is 35.6. The van der Waals surface area contributed by atoms with Crippen molar-refractivity contribution in [3.05, 3.63) is 27.3 Å². The minimum absolute atomic E-state index is 0.0851. The molecule has 2 heterocycles. The molecule has 9 heteroatoms. The third kappa shape index (κ3) is 2.43. The van der Waals surface area contributed by atoms with E-state index in [1.807, 2.05) is 0 Å². The number of methoxy groups -OCH3 is 1. The van der Waals surface area contributed by atoms with Crippen LogP contribution in [0.5, 0.6) is 0 Å². The van der Waals surface area contributed by atoms with Gasteiger partial charge >= 0.3 is 11.9 Å². The zero-order valence-corrected chi connectivity index (χ0v) is 12.8. The smallest absolute Gasteiger partial charge is 0.359 e. The van der Waals surface area contributed by atoms with Gasteiger partial charge in [-0.25, -0.2) is 4.79 Å². The number of nitrogens with one attached hydrogen (secondary N) is 2. The Kier molecular flexibility index (Phi) is 3.77. The molecule has 2 aromatic heterocycles. The fraction of sp³-hybridized carbons (Fsp3) is 0.429. The van der Waals surface area contributed by atoms with Crippen molar-refractivity contribution in [2.24, 2.45) is 0 Å². The molecule has 0 unspecified atom stereocenters. The van der Waals surface area contributed by atoms with Gasteiger partial charge in [0.15, 0.2) is 5.69 Å². The van der Waals surface area contributed by atoms with Gasteiger partial charge in [-0.1, -0.05) is 0 Å². The lowest BCUT2D eigenvalue weighted by Crippen LogP contribution is -2.18. The Labute approximate surface area is 130 Å². The van der Waals surface area contributed by atoms with Crippen LogP contribution in [-0.2, 0) is 33.7 Å². The maximum atomic E-state index is 12.2. The second-order valence-corrected chi connectivity index (χ2v) is 5.06. The summed E-state index contributed by atoms with van der Waals surface area (Å²) in [6, 6.07) is 0. The lowest BCUT2D eigenvalue weighted by Gasteiger charge is -2.13. The molecule has 0 aliphatic heterocycles. The zero-order valence-electron chi connectivity index (χ0n) is 12.8. The summed E-state index contributed by atoms with van der Waals surface area (Å²) in [5, 5.41) is 9.52. The third-order valence-corrected chi connectivity index (χ3v) is 3.77. The quantitative estimate of drug-likeness (QED) is 0.766. The van der Waals surface area contributed by atoms with Crippen LogP contribution in [0.2, 0.25) is 0 Å². The summed E-state index contributed by atoms with van der Waals surface area (Å²) in [5.41, 5.74) is 2.16. The minimum Gasteiger partial charge on any atom is -0.468 e. The molecule has 2 aromatic rings. The van der Waals surface area contributed by atoms with Crippen molar-refractivity contribution in [3.8, 4) is 11.3 Å². The Bertz CT molecular complexity index is 829. The van der Waals surface area contributed by atoms with Gasteiger partial charge in [-0.2, -0.15) is 5.10 Å². The summed E-state index contributed by atoms with van der Waals surface area (Å²) in [6.07, 6.45) is 0.989. The minimum atomic E-state index is -0.595. The summed E-state index contributed by atoms with van der Waals surface area (Å²) >= 11 is 0. The van der Waals surface area contributed by atoms with E-state index in [9.17, 15) is 14.4 Å². The molecule has 0 aromatic carbocycles. The van der Waals surface area contributed by atoms with Crippen molar-refractivity contribution in [1.29, 1.82) is 0 Å². The SMILES string of the molecule is CCOC(=O)c1nn(CC(=O)OC)c2c1-c1[nH][nH]c(=O)c1CC2. The van der Waals surface area contributed by atoms with E-state index in [1.165, 1.54) is 11.8 Å². The molecule has 9 nitrogen and oxygen atoms in total. The van der Waals surface area contributed by atoms with Gasteiger partial charge in [0, 0.05) is 11.3 Å². The number of fused-ring (bicyclic) bond motifs is 3. The lowest BCUT2D eigenvalue weighted by atomic mass is 9.94. The lowest BCUT2D eigenvalue weighted by molar-refractivity contribution is -0.141. The fourth-order valence-electron chi connectivity index (χ4n) is 2.75. The number of H-pyrrole nitrogens is 2. The Balaban J connectivity index is 2.16. The van der Waals surface area contributed by atoms with Crippen LogP contribution in [-0.4, -0.2) is 45.6 Å². The van der Waals surface area contributed by atoms with Crippen molar-refractivity contribution in [3.63, 3.8) is 0 Å². The predicted molar refractivity (Wildman–Crippen MR) is 78.0 cm³/mol. The number of aromatic nitrogens is 4. The first-order chi connectivity index (χ1) is 11.1. The molecule has 0 atom stereocenters. The molecule has 3 rings (SSSR count). The average molecular weight is 320 g/mol. The Hall–Kier alpha value is -2.84. The van der Waals surface area contributed by atoms with E-state index in [0.29, 0.717) is 35.4 Å². The molecule has 122 valence electrons. The highest BCUT2D eigenvalue weighted by Gasteiger charge is 2.32. The predicted octanol–water partition coefficient (Wildman–Crippen LogP) is 0.0148. The van der Waals surface area contributed by atoms with E-state index >= 15 is 0 Å². The van der Waals surface area contributed by atoms with Gasteiger partial charge in [0.05, 0.1) is 25.0 Å². The number of carbonyl (C=O) groups excluding carboxylic acids is 2. The number of esters is 2. The molecule has 1 aliphatic carbocycles. The second kappa shape index (κ2) is 5.75. The Morgan fingerprint density at radius 1 is 1.30 bits per heavy atom. The van der Waals surface area contributed by atoms with E-state index in [4.69, 9.17) is 4.74 Å². The molecule has 0 bridgehead atoms. The average Bonchev–Trinajstić information content (AvgIpc) is 3.09. The number of ether oxygens (including phenoxy) is 2. The highest BCUT2D eigenvalue weighted by atomic mass is 16.5. The van der Waals surface area contributed by atoms with Gasteiger partial charge in [-0.05, 0) is 19.8 Å². The van der Waals surface area contributed by atoms with E-state index < -0.39 is 11.9 Å². The number of aromatic amines is 2. The summed E-state index contributed by atoms with van der Waals surface area (Å²) in [5.74, 6) is -1.07. The topological polar surface area (TPSA) is 119 Å². The van der Waals surface area contributed by atoms with Crippen molar-refractivity contribution >= 4 is 11.9 Å². The molecular formula is C14H16N4O5. The van der Waals surface area contributed by atoms with Crippen LogP contribution in [0.3, 0.4) is 0 Å². The zero-order chi connectivity index (χ0) is 16.6. The molecule has 23 heavy (non-hydrogen) atoms. The highest BCUT2D eigenvalue weighted by Crippen LogP contribution is 2.33. The molecule has 2 N–H and O–H groups in total. The van der Waals surface area contributed by atoms with E-state index in [-0.39, 0.29) is 24.4 Å². The van der Waals surface area contributed by atoms with Gasteiger partial charge < -0.3 is 9.47 Å². The molecule has 0 saturated carbocycles. The van der Waals surface area contributed by atoms with E-state index in [0.717, 1.165) is 0 Å². The van der Waals surface area contributed by atoms with Crippen LogP contribution >= 0.6 is 0 Å². The largest absolute Gasteiger partial charge is 0.468 e. The second-order valence-electron chi connectivity index (χ2n) is 5.06. The van der Waals surface area contributed by atoms with Crippen LogP contribution in [0.15, 0.2) is 4.79 Å². The first kappa shape index (κ1) is 15.1. The number of nitrogens with zero attached hydrogens (tertiary/aromatic N) is 2. The van der Waals surface area contributed by atoms with Crippen molar-refractivity contribution in [2.75, 3.05) is 13.7 Å². The van der Waals surface area contributed by atoms with Crippen molar-refractivity contribution < 1.29 is 19.1 Å². The van der Waals surface area contributed by atoms with Crippen molar-refractivity contribution in [1.82, 2.24) is 20.0 Å². The van der Waals surface area contributed by atoms with Gasteiger partial charge in [-0.3, -0.25) is 24.5 Å². The van der Waals surface area contributed by atoms with Gasteiger partial charge in [0.2, 0.25) is 0 Å². The third-order valence-electron chi connectivity index (χ3n) is 3.77. The van der Waals surface area contributed by atoms with Gasteiger partial charge in [-0.15, -0.1) is 0 Å². The molecule has 0 spiro atoms. The monoisotopic (exact) mass is 320 g/mol. The highest BCUT2D eigenvalue weighted by molar-refractivity contribution is 5.96. The molecule has 0 saturated heterocycles. The maximum Gasteiger partial charge on any atom is 0.359 e. The molecule has 0 amide bonds. The molecule has 0 radical (unpaired) electrons. The number of rotatable bonds is 4. The van der Waals surface area contributed by atoms with E-state index in [2.05, 4.69) is 20.0 Å². The van der Waals surface area contributed by atoms with Crippen molar-refractivity contribution in [2.45, 2.75) is 26.3 Å². The van der Waals surface area contributed by atoms with Gasteiger partial charge in [0.25, 0.3) is 5.56 Å². The van der Waals surface area contributed by atoms with Crippen LogP contribution in [0.4, 0.5) is 0 Å². The summed E-state index contributed by atoms with van der Waals surface area (Å²) < 4.78 is 11.1. The van der Waals surface area contributed by atoms with Crippen LogP contribution in [0.25, 0.3) is 11.3 Å². The number of hydrogen-bond donors (Lipinski definition) is 2. The first-order valence-corrected chi connectivity index (χ1v) is 7.20. The van der Waals surface area contributed by atoms with E-state index in [1.54, 1.807) is 6.92 Å². The summed E-state index contributed by atoms with van der Waals surface area (Å²) in [7, 11) is 1.28. The molecular weight excluding hydrogens is 304 g/mol. The van der Waals surface area contributed by atoms with Crippen LogP contribution in [0.1, 0.15) is 28.7 Å².